The highest BCUT2D eigenvalue weighted by Gasteiger charge is 2.41. The normalized spacial score (nSPS) is 23.5. The van der Waals surface area contributed by atoms with Crippen molar-refractivity contribution in [2.45, 2.75) is 63.8 Å². The predicted molar refractivity (Wildman–Crippen MR) is 110 cm³/mol. The van der Waals surface area contributed by atoms with E-state index >= 15 is 0 Å². The van der Waals surface area contributed by atoms with Gasteiger partial charge < -0.3 is 19.9 Å². The van der Waals surface area contributed by atoms with Crippen LogP contribution in [-0.2, 0) is 9.53 Å². The molecule has 0 radical (unpaired) electrons. The highest BCUT2D eigenvalue weighted by molar-refractivity contribution is 8.00. The van der Waals surface area contributed by atoms with E-state index in [0.29, 0.717) is 6.54 Å². The highest BCUT2D eigenvalue weighted by Crippen LogP contribution is 2.34. The fourth-order valence-electron chi connectivity index (χ4n) is 4.13. The van der Waals surface area contributed by atoms with Crippen molar-refractivity contribution >= 4 is 23.6 Å². The molecule has 0 spiro atoms. The highest BCUT2D eigenvalue weighted by atomic mass is 32.2. The summed E-state index contributed by atoms with van der Waals surface area (Å²) in [5.41, 5.74) is -0.213. The molecule has 150 valence electrons. The fraction of sp³-hybridized carbons (Fsp3) is 0.895. The van der Waals surface area contributed by atoms with Gasteiger partial charge in [-0.25, -0.2) is 0 Å². The van der Waals surface area contributed by atoms with Gasteiger partial charge in [0.1, 0.15) is 0 Å². The molecule has 0 aliphatic carbocycles. The van der Waals surface area contributed by atoms with E-state index in [4.69, 9.17) is 9.73 Å². The van der Waals surface area contributed by atoms with Crippen LogP contribution >= 0.6 is 11.8 Å². The molecule has 2 aliphatic heterocycles. The van der Waals surface area contributed by atoms with Gasteiger partial charge >= 0.3 is 0 Å². The third kappa shape index (κ3) is 4.85. The maximum atomic E-state index is 12.8. The van der Waals surface area contributed by atoms with Crippen molar-refractivity contribution in [3.63, 3.8) is 0 Å². The van der Waals surface area contributed by atoms with Crippen LogP contribution in [0.1, 0.15) is 47.5 Å². The number of carbonyl (C=O) groups is 1. The quantitative estimate of drug-likeness (QED) is 0.582. The van der Waals surface area contributed by atoms with Crippen LogP contribution in [0, 0.1) is 0 Å². The number of nitrogens with one attached hydrogen (secondary N) is 1. The summed E-state index contributed by atoms with van der Waals surface area (Å²) in [4.78, 5) is 21.9. The summed E-state index contributed by atoms with van der Waals surface area (Å²) in [7, 11) is 0. The molecule has 0 unspecified atom stereocenters. The molecule has 0 aromatic heterocycles. The van der Waals surface area contributed by atoms with Crippen LogP contribution in [0.5, 0.6) is 0 Å². The van der Waals surface area contributed by atoms with Gasteiger partial charge in [0, 0.05) is 37.1 Å². The van der Waals surface area contributed by atoms with Crippen molar-refractivity contribution in [1.29, 1.82) is 0 Å². The summed E-state index contributed by atoms with van der Waals surface area (Å²) in [5, 5.41) is 3.40. The van der Waals surface area contributed by atoms with Gasteiger partial charge in [-0.3, -0.25) is 9.79 Å². The lowest BCUT2D eigenvalue weighted by Crippen LogP contribution is -2.66. The first-order valence-electron chi connectivity index (χ1n) is 9.73. The lowest BCUT2D eigenvalue weighted by atomic mass is 9.96. The Hall–Kier alpha value is -0.950. The monoisotopic (exact) mass is 384 g/mol. The smallest absolute Gasteiger partial charge is 0.242 e. The van der Waals surface area contributed by atoms with E-state index in [9.17, 15) is 4.79 Å². The molecule has 0 atom stereocenters. The predicted octanol–water partition coefficient (Wildman–Crippen LogP) is 2.20. The maximum Gasteiger partial charge on any atom is 0.242 e. The number of rotatable bonds is 5. The first-order valence-corrected chi connectivity index (χ1v) is 11.0. The minimum atomic E-state index is -0.213. The Balaban J connectivity index is 2.17. The Labute approximate surface area is 163 Å². The zero-order chi connectivity index (χ0) is 19.4. The molecule has 0 saturated carbocycles. The van der Waals surface area contributed by atoms with Gasteiger partial charge in [-0.2, -0.15) is 11.8 Å². The lowest BCUT2D eigenvalue weighted by molar-refractivity contribution is -0.145. The van der Waals surface area contributed by atoms with Gasteiger partial charge in [-0.05, 0) is 53.7 Å². The molecule has 2 saturated heterocycles. The van der Waals surface area contributed by atoms with Gasteiger partial charge in [0.15, 0.2) is 5.96 Å². The van der Waals surface area contributed by atoms with Crippen molar-refractivity contribution in [3.8, 4) is 0 Å². The average molecular weight is 385 g/mol. The molecule has 2 heterocycles. The zero-order valence-corrected chi connectivity index (χ0v) is 18.1. The SMILES string of the molecule is CCNC(=NCC1(SC)CCOCC1)N1CC(=O)N(C(C)C)C(C)(C)C1. The molecule has 0 bridgehead atoms. The number of thioether (sulfide) groups is 1. The number of nitrogens with zero attached hydrogens (tertiary/aromatic N) is 3. The second-order valence-electron chi connectivity index (χ2n) is 8.20. The van der Waals surface area contributed by atoms with E-state index in [1.165, 1.54) is 0 Å². The van der Waals surface area contributed by atoms with Crippen LogP contribution < -0.4 is 5.32 Å². The van der Waals surface area contributed by atoms with E-state index < -0.39 is 0 Å². The Kier molecular flexibility index (Phi) is 7.25. The topological polar surface area (TPSA) is 57.2 Å². The number of amides is 1. The Morgan fingerprint density at radius 2 is 2.00 bits per heavy atom. The largest absolute Gasteiger partial charge is 0.381 e. The van der Waals surface area contributed by atoms with Gasteiger partial charge in [0.2, 0.25) is 5.91 Å². The van der Waals surface area contributed by atoms with E-state index in [1.807, 2.05) is 16.7 Å². The fourth-order valence-corrected chi connectivity index (χ4v) is 4.90. The van der Waals surface area contributed by atoms with Crippen molar-refractivity contribution in [2.24, 2.45) is 4.99 Å². The Bertz CT molecular complexity index is 516. The molecule has 26 heavy (non-hydrogen) atoms. The van der Waals surface area contributed by atoms with Crippen molar-refractivity contribution in [3.05, 3.63) is 0 Å². The number of carbonyl (C=O) groups excluding carboxylic acids is 1. The summed E-state index contributed by atoms with van der Waals surface area (Å²) in [5.74, 6) is 1.03. The van der Waals surface area contributed by atoms with Crippen LogP contribution in [0.25, 0.3) is 0 Å². The minimum absolute atomic E-state index is 0.151. The van der Waals surface area contributed by atoms with Crippen LogP contribution in [0.15, 0.2) is 4.99 Å². The molecule has 2 fully saturated rings. The molecule has 2 aliphatic rings. The third-order valence-corrected chi connectivity index (χ3v) is 6.73. The molecule has 6 nitrogen and oxygen atoms in total. The second-order valence-corrected chi connectivity index (χ2v) is 9.47. The standard InChI is InChI=1S/C19H36N4O2S/c1-7-20-17(21-13-19(26-6)8-10-25-11-9-19)22-12-16(24)23(15(2)3)18(4,5)14-22/h15H,7-14H2,1-6H3,(H,20,21). The van der Waals surface area contributed by atoms with Gasteiger partial charge in [0.05, 0.1) is 18.6 Å². The zero-order valence-electron chi connectivity index (χ0n) is 17.3. The second kappa shape index (κ2) is 8.83. The summed E-state index contributed by atoms with van der Waals surface area (Å²) in [6.45, 7) is 14.9. The van der Waals surface area contributed by atoms with Crippen molar-refractivity contribution in [1.82, 2.24) is 15.1 Å². The van der Waals surface area contributed by atoms with E-state index in [2.05, 4.69) is 51.1 Å². The number of piperazine rings is 1. The lowest BCUT2D eigenvalue weighted by Gasteiger charge is -2.49. The number of ether oxygens (including phenoxy) is 1. The van der Waals surface area contributed by atoms with E-state index in [-0.39, 0.29) is 22.2 Å². The summed E-state index contributed by atoms with van der Waals surface area (Å²) in [6.07, 6.45) is 4.23. The summed E-state index contributed by atoms with van der Waals surface area (Å²) >= 11 is 1.90. The van der Waals surface area contributed by atoms with E-state index in [0.717, 1.165) is 51.6 Å². The minimum Gasteiger partial charge on any atom is -0.381 e. The molecule has 0 aromatic carbocycles. The van der Waals surface area contributed by atoms with Crippen LogP contribution in [0.2, 0.25) is 0 Å². The molecule has 1 amide bonds. The summed E-state index contributed by atoms with van der Waals surface area (Å²) < 4.78 is 5.69. The van der Waals surface area contributed by atoms with Gasteiger partial charge in [-0.1, -0.05) is 0 Å². The van der Waals surface area contributed by atoms with Crippen molar-refractivity contribution < 1.29 is 9.53 Å². The number of guanidine groups is 1. The number of aliphatic imine (C=N–C) groups is 1. The molecule has 1 N–H and O–H groups in total. The average Bonchev–Trinajstić information content (AvgIpc) is 2.57. The number of hydrogen-bond donors (Lipinski definition) is 1. The van der Waals surface area contributed by atoms with E-state index in [1.54, 1.807) is 0 Å². The number of hydrogen-bond acceptors (Lipinski definition) is 4. The van der Waals surface area contributed by atoms with Gasteiger partial charge in [-0.15, -0.1) is 0 Å². The first kappa shape index (κ1) is 21.4. The first-order chi connectivity index (χ1) is 12.2. The van der Waals surface area contributed by atoms with Gasteiger partial charge in [0.25, 0.3) is 0 Å². The van der Waals surface area contributed by atoms with Crippen molar-refractivity contribution in [2.75, 3.05) is 45.6 Å². The third-order valence-electron chi connectivity index (χ3n) is 5.33. The molecular weight excluding hydrogens is 348 g/mol. The molecular formula is C19H36N4O2S. The maximum absolute atomic E-state index is 12.8. The van der Waals surface area contributed by atoms with Crippen LogP contribution in [-0.4, -0.2) is 83.6 Å². The Morgan fingerprint density at radius 1 is 1.35 bits per heavy atom. The van der Waals surface area contributed by atoms with Crippen LogP contribution in [0.4, 0.5) is 0 Å². The molecule has 0 aromatic rings. The summed E-state index contributed by atoms with van der Waals surface area (Å²) in [6, 6.07) is 0.209. The molecule has 7 heteroatoms. The Morgan fingerprint density at radius 3 is 2.50 bits per heavy atom. The molecule has 2 rings (SSSR count). The van der Waals surface area contributed by atoms with Crippen LogP contribution in [0.3, 0.4) is 0 Å².